The first kappa shape index (κ1) is 18.2. The van der Waals surface area contributed by atoms with Gasteiger partial charge in [0.25, 0.3) is 0 Å². The van der Waals surface area contributed by atoms with Crippen molar-refractivity contribution in [2.75, 3.05) is 12.3 Å². The molecule has 1 N–H and O–H groups in total. The molecule has 0 amide bonds. The largest absolute Gasteiger partial charge is 0.313 e. The molecule has 0 aliphatic heterocycles. The van der Waals surface area contributed by atoms with Gasteiger partial charge in [0.2, 0.25) is 0 Å². The quantitative estimate of drug-likeness (QED) is 0.646. The summed E-state index contributed by atoms with van der Waals surface area (Å²) in [6.45, 7) is 7.76. The van der Waals surface area contributed by atoms with Crippen molar-refractivity contribution < 1.29 is 0 Å². The number of nitrogens with one attached hydrogen (secondary N) is 1. The summed E-state index contributed by atoms with van der Waals surface area (Å²) in [6, 6.07) is 6.34. The molecule has 4 heteroatoms. The predicted molar refractivity (Wildman–Crippen MR) is 94.5 cm³/mol. The lowest BCUT2D eigenvalue weighted by molar-refractivity contribution is 0.549. The highest BCUT2D eigenvalue weighted by Gasteiger charge is 2.14. The summed E-state index contributed by atoms with van der Waals surface area (Å²) in [4.78, 5) is 0. The van der Waals surface area contributed by atoms with Crippen LogP contribution in [0.15, 0.2) is 18.2 Å². The zero-order valence-electron chi connectivity index (χ0n) is 12.6. The first-order chi connectivity index (χ1) is 9.58. The van der Waals surface area contributed by atoms with Crippen molar-refractivity contribution in [3.8, 4) is 0 Å². The maximum Gasteiger partial charge on any atom is 0.0624 e. The molecular formula is C16H25Cl2NS. The molecule has 0 radical (unpaired) electrons. The lowest BCUT2D eigenvalue weighted by Gasteiger charge is -2.21. The second-order valence-corrected chi connectivity index (χ2v) is 7.38. The first-order valence-electron chi connectivity index (χ1n) is 7.36. The van der Waals surface area contributed by atoms with Gasteiger partial charge in [-0.15, -0.1) is 0 Å². The minimum atomic E-state index is 0.449. The van der Waals surface area contributed by atoms with Crippen molar-refractivity contribution in [3.05, 3.63) is 33.8 Å². The van der Waals surface area contributed by atoms with Gasteiger partial charge in [0.1, 0.15) is 0 Å². The normalized spacial score (nSPS) is 14.2. The van der Waals surface area contributed by atoms with E-state index in [1.165, 1.54) is 6.42 Å². The Hall–Kier alpha value is 0.110. The van der Waals surface area contributed by atoms with Gasteiger partial charge < -0.3 is 5.32 Å². The third kappa shape index (κ3) is 6.26. The smallest absolute Gasteiger partial charge is 0.0624 e. The number of hydrogen-bond donors (Lipinski definition) is 1. The van der Waals surface area contributed by atoms with Crippen molar-refractivity contribution in [2.24, 2.45) is 0 Å². The molecule has 0 aliphatic carbocycles. The summed E-state index contributed by atoms with van der Waals surface area (Å²) in [5, 5.41) is 5.67. The van der Waals surface area contributed by atoms with E-state index in [-0.39, 0.29) is 0 Å². The second-order valence-electron chi connectivity index (χ2n) is 5.12. The second kappa shape index (κ2) is 9.94. The Labute approximate surface area is 137 Å². The fourth-order valence-electron chi connectivity index (χ4n) is 1.91. The van der Waals surface area contributed by atoms with E-state index in [1.54, 1.807) is 0 Å². The van der Waals surface area contributed by atoms with Crippen molar-refractivity contribution >= 4 is 35.0 Å². The Bertz CT molecular complexity index is 398. The molecule has 0 saturated carbocycles. The summed E-state index contributed by atoms with van der Waals surface area (Å²) >= 11 is 14.4. The highest BCUT2D eigenvalue weighted by atomic mass is 35.5. The van der Waals surface area contributed by atoms with Gasteiger partial charge in [-0.3, -0.25) is 0 Å². The Morgan fingerprint density at radius 2 is 2.00 bits per heavy atom. The Morgan fingerprint density at radius 1 is 1.25 bits per heavy atom. The average molecular weight is 334 g/mol. The fourth-order valence-corrected chi connectivity index (χ4v) is 3.34. The number of thioether (sulfide) groups is 1. The van der Waals surface area contributed by atoms with E-state index in [2.05, 4.69) is 32.2 Å². The zero-order chi connectivity index (χ0) is 15.0. The van der Waals surface area contributed by atoms with Gasteiger partial charge in [-0.1, -0.05) is 56.1 Å². The highest BCUT2D eigenvalue weighted by molar-refractivity contribution is 7.99. The summed E-state index contributed by atoms with van der Waals surface area (Å²) in [5.41, 5.74) is 1.14. The molecule has 1 aromatic rings. The average Bonchev–Trinajstić information content (AvgIpc) is 2.45. The minimum Gasteiger partial charge on any atom is -0.313 e. The predicted octanol–water partition coefficient (Wildman–Crippen LogP) is 5.44. The molecule has 0 aromatic heterocycles. The molecule has 0 spiro atoms. The molecule has 20 heavy (non-hydrogen) atoms. The fraction of sp³-hybridized carbons (Fsp3) is 0.625. The van der Waals surface area contributed by atoms with E-state index < -0.39 is 0 Å². The summed E-state index contributed by atoms with van der Waals surface area (Å²) in [7, 11) is 0. The SMILES string of the molecule is CCCNC(CSC(C)CC)Cc1cccc(Cl)c1Cl. The molecule has 0 heterocycles. The third-order valence-electron chi connectivity index (χ3n) is 3.34. The molecule has 2 atom stereocenters. The number of rotatable bonds is 9. The van der Waals surface area contributed by atoms with Crippen molar-refractivity contribution in [3.63, 3.8) is 0 Å². The van der Waals surface area contributed by atoms with E-state index in [9.17, 15) is 0 Å². The van der Waals surface area contributed by atoms with Crippen LogP contribution in [0.3, 0.4) is 0 Å². The summed E-state index contributed by atoms with van der Waals surface area (Å²) in [6.07, 6.45) is 3.29. The first-order valence-corrected chi connectivity index (χ1v) is 9.16. The van der Waals surface area contributed by atoms with Crippen LogP contribution in [0.1, 0.15) is 39.2 Å². The van der Waals surface area contributed by atoms with E-state index >= 15 is 0 Å². The minimum absolute atomic E-state index is 0.449. The highest BCUT2D eigenvalue weighted by Crippen LogP contribution is 2.27. The van der Waals surface area contributed by atoms with Gasteiger partial charge in [-0.25, -0.2) is 0 Å². The van der Waals surface area contributed by atoms with Crippen LogP contribution >= 0.6 is 35.0 Å². The van der Waals surface area contributed by atoms with Crippen LogP contribution in [-0.4, -0.2) is 23.6 Å². The maximum absolute atomic E-state index is 6.29. The lowest BCUT2D eigenvalue weighted by atomic mass is 10.1. The van der Waals surface area contributed by atoms with Crippen LogP contribution in [0.25, 0.3) is 0 Å². The lowest BCUT2D eigenvalue weighted by Crippen LogP contribution is -2.34. The van der Waals surface area contributed by atoms with Crippen molar-refractivity contribution in [1.29, 1.82) is 0 Å². The van der Waals surface area contributed by atoms with E-state index in [0.29, 0.717) is 21.3 Å². The molecule has 1 rings (SSSR count). The van der Waals surface area contributed by atoms with Crippen LogP contribution in [0.5, 0.6) is 0 Å². The van der Waals surface area contributed by atoms with Gasteiger partial charge in [0, 0.05) is 17.0 Å². The zero-order valence-corrected chi connectivity index (χ0v) is 14.9. The van der Waals surface area contributed by atoms with Crippen LogP contribution in [0, 0.1) is 0 Å². The van der Waals surface area contributed by atoms with Crippen molar-refractivity contribution in [2.45, 2.75) is 51.3 Å². The van der Waals surface area contributed by atoms with Gasteiger partial charge in [0.05, 0.1) is 10.0 Å². The Morgan fingerprint density at radius 3 is 2.65 bits per heavy atom. The van der Waals surface area contributed by atoms with E-state index in [1.807, 2.05) is 23.9 Å². The monoisotopic (exact) mass is 333 g/mol. The summed E-state index contributed by atoms with van der Waals surface area (Å²) in [5.74, 6) is 1.11. The molecule has 0 bridgehead atoms. The van der Waals surface area contributed by atoms with E-state index in [4.69, 9.17) is 23.2 Å². The molecule has 1 nitrogen and oxygen atoms in total. The standard InChI is InChI=1S/C16H25Cl2NS/c1-4-9-19-14(11-20-12(3)5-2)10-13-7-6-8-15(17)16(13)18/h6-8,12,14,19H,4-5,9-11H2,1-3H3. The summed E-state index contributed by atoms with van der Waals surface area (Å²) < 4.78 is 0. The molecule has 0 fully saturated rings. The molecule has 0 saturated heterocycles. The van der Waals surface area contributed by atoms with Gasteiger partial charge in [-0.2, -0.15) is 11.8 Å². The molecule has 114 valence electrons. The number of hydrogen-bond acceptors (Lipinski definition) is 2. The Balaban J connectivity index is 2.65. The van der Waals surface area contributed by atoms with Crippen molar-refractivity contribution in [1.82, 2.24) is 5.32 Å². The molecule has 2 unspecified atom stereocenters. The third-order valence-corrected chi connectivity index (χ3v) is 5.69. The number of halogens is 2. The maximum atomic E-state index is 6.29. The topological polar surface area (TPSA) is 12.0 Å². The van der Waals surface area contributed by atoms with Crippen LogP contribution in [0.2, 0.25) is 10.0 Å². The molecular weight excluding hydrogens is 309 g/mol. The van der Waals surface area contributed by atoms with Gasteiger partial charge in [-0.05, 0) is 37.4 Å². The van der Waals surface area contributed by atoms with Gasteiger partial charge >= 0.3 is 0 Å². The van der Waals surface area contributed by atoms with Crippen LogP contribution < -0.4 is 5.32 Å². The van der Waals surface area contributed by atoms with Crippen LogP contribution in [-0.2, 0) is 6.42 Å². The van der Waals surface area contributed by atoms with Gasteiger partial charge in [0.15, 0.2) is 0 Å². The van der Waals surface area contributed by atoms with E-state index in [0.717, 1.165) is 30.7 Å². The molecule has 1 aromatic carbocycles. The molecule has 0 aliphatic rings. The van der Waals surface area contributed by atoms with Crippen LogP contribution in [0.4, 0.5) is 0 Å². The Kier molecular flexibility index (Phi) is 9.03. The number of benzene rings is 1.